The van der Waals surface area contributed by atoms with Crippen LogP contribution < -0.4 is 0 Å². The summed E-state index contributed by atoms with van der Waals surface area (Å²) in [6.45, 7) is 8.95. The van der Waals surface area contributed by atoms with Crippen LogP contribution in [0.5, 0.6) is 0 Å². The Bertz CT molecular complexity index is 362. The van der Waals surface area contributed by atoms with E-state index in [1.54, 1.807) is 26.8 Å². The van der Waals surface area contributed by atoms with Crippen LogP contribution in [0.25, 0.3) is 0 Å². The van der Waals surface area contributed by atoms with Crippen LogP contribution in [0.3, 0.4) is 0 Å². The average Bonchev–Trinajstić information content (AvgIpc) is 2.40. The monoisotopic (exact) mass is 364 g/mol. The number of esters is 2. The SMILES string of the molecule is C=CCCCOC(=O)C(C)(COC)COC(=O)C(C)(C)Br. The highest BCUT2D eigenvalue weighted by Gasteiger charge is 2.38. The normalized spacial score (nSPS) is 14.1. The van der Waals surface area contributed by atoms with Gasteiger partial charge in [-0.25, -0.2) is 0 Å². The lowest BCUT2D eigenvalue weighted by atomic mass is 9.93. The van der Waals surface area contributed by atoms with Crippen LogP contribution in [0.15, 0.2) is 12.7 Å². The van der Waals surface area contributed by atoms with E-state index in [-0.39, 0.29) is 13.2 Å². The molecule has 0 radical (unpaired) electrons. The second kappa shape index (κ2) is 9.20. The van der Waals surface area contributed by atoms with Gasteiger partial charge < -0.3 is 14.2 Å². The minimum atomic E-state index is -1.02. The van der Waals surface area contributed by atoms with Crippen molar-refractivity contribution < 1.29 is 23.8 Å². The Kier molecular flexibility index (Phi) is 8.82. The predicted molar refractivity (Wildman–Crippen MR) is 84.3 cm³/mol. The summed E-state index contributed by atoms with van der Waals surface area (Å²) < 4.78 is 14.7. The van der Waals surface area contributed by atoms with E-state index in [0.717, 1.165) is 6.42 Å². The lowest BCUT2D eigenvalue weighted by molar-refractivity contribution is -0.167. The van der Waals surface area contributed by atoms with Gasteiger partial charge in [-0.15, -0.1) is 6.58 Å². The molecule has 0 aliphatic heterocycles. The van der Waals surface area contributed by atoms with Gasteiger partial charge in [0.2, 0.25) is 0 Å². The van der Waals surface area contributed by atoms with Crippen molar-refractivity contribution in [3.05, 3.63) is 12.7 Å². The molecule has 0 aromatic rings. The number of methoxy groups -OCH3 is 1. The molecule has 0 aliphatic carbocycles. The number of allylic oxidation sites excluding steroid dienone is 1. The number of ether oxygens (including phenoxy) is 3. The van der Waals surface area contributed by atoms with Gasteiger partial charge in [0.1, 0.15) is 16.3 Å². The summed E-state index contributed by atoms with van der Waals surface area (Å²) in [6.07, 6.45) is 3.26. The van der Waals surface area contributed by atoms with E-state index in [1.165, 1.54) is 7.11 Å². The number of unbranched alkanes of at least 4 members (excludes halogenated alkanes) is 1. The molecule has 0 rings (SSSR count). The fourth-order valence-electron chi connectivity index (χ4n) is 1.44. The number of hydrogen-bond acceptors (Lipinski definition) is 5. The molecule has 0 spiro atoms. The zero-order valence-corrected chi connectivity index (χ0v) is 14.8. The number of carbonyl (C=O) groups is 2. The molecule has 1 atom stereocenters. The lowest BCUT2D eigenvalue weighted by Gasteiger charge is -2.27. The van der Waals surface area contributed by atoms with Crippen LogP contribution in [0.2, 0.25) is 0 Å². The Morgan fingerprint density at radius 2 is 1.76 bits per heavy atom. The maximum atomic E-state index is 12.1. The number of carbonyl (C=O) groups excluding carboxylic acids is 2. The summed E-state index contributed by atoms with van der Waals surface area (Å²) in [5.74, 6) is -0.877. The standard InChI is InChI=1S/C15H25BrO5/c1-6-7-8-9-20-13(18)15(4,10-19-5)11-21-12(17)14(2,3)16/h6H,1,7-11H2,2-5H3. The van der Waals surface area contributed by atoms with Gasteiger partial charge in [-0.05, 0) is 33.6 Å². The van der Waals surface area contributed by atoms with Gasteiger partial charge in [-0.3, -0.25) is 9.59 Å². The van der Waals surface area contributed by atoms with Crippen LogP contribution in [-0.2, 0) is 23.8 Å². The molecule has 0 fully saturated rings. The Hall–Kier alpha value is -0.880. The molecule has 0 bridgehead atoms. The molecule has 122 valence electrons. The summed E-state index contributed by atoms with van der Waals surface area (Å²) in [7, 11) is 1.49. The van der Waals surface area contributed by atoms with E-state index in [9.17, 15) is 9.59 Å². The Balaban J connectivity index is 4.56. The molecule has 1 unspecified atom stereocenters. The topological polar surface area (TPSA) is 61.8 Å². The van der Waals surface area contributed by atoms with E-state index in [4.69, 9.17) is 14.2 Å². The number of rotatable bonds is 10. The number of alkyl halides is 1. The third kappa shape index (κ3) is 7.62. The molecule has 0 aromatic carbocycles. The van der Waals surface area contributed by atoms with Crippen molar-refractivity contribution in [3.63, 3.8) is 0 Å². The molecule has 0 saturated carbocycles. The van der Waals surface area contributed by atoms with Crippen molar-refractivity contribution >= 4 is 27.9 Å². The van der Waals surface area contributed by atoms with Crippen LogP contribution in [0, 0.1) is 5.41 Å². The summed E-state index contributed by atoms with van der Waals surface area (Å²) in [5, 5.41) is 0. The maximum Gasteiger partial charge on any atom is 0.322 e. The summed E-state index contributed by atoms with van der Waals surface area (Å²) in [6, 6.07) is 0. The molecule has 0 heterocycles. The van der Waals surface area contributed by atoms with Gasteiger partial charge in [0, 0.05) is 7.11 Å². The van der Waals surface area contributed by atoms with Gasteiger partial charge >= 0.3 is 11.9 Å². The zero-order chi connectivity index (χ0) is 16.5. The first-order valence-corrected chi connectivity index (χ1v) is 7.60. The molecule has 0 amide bonds. The predicted octanol–water partition coefficient (Wildman–Crippen LogP) is 2.87. The lowest BCUT2D eigenvalue weighted by Crippen LogP contribution is -2.41. The summed E-state index contributed by atoms with van der Waals surface area (Å²) in [5.41, 5.74) is -1.02. The first kappa shape index (κ1) is 20.1. The quantitative estimate of drug-likeness (QED) is 0.258. The Labute approximate surface area is 135 Å². The molecule has 5 nitrogen and oxygen atoms in total. The molecule has 6 heteroatoms. The summed E-state index contributed by atoms with van der Waals surface area (Å²) in [4.78, 5) is 23.9. The van der Waals surface area contributed by atoms with Crippen LogP contribution >= 0.6 is 15.9 Å². The van der Waals surface area contributed by atoms with Crippen LogP contribution in [0.1, 0.15) is 33.6 Å². The molecule has 21 heavy (non-hydrogen) atoms. The third-order valence-electron chi connectivity index (χ3n) is 2.75. The average molecular weight is 365 g/mol. The van der Waals surface area contributed by atoms with Gasteiger partial charge in [-0.1, -0.05) is 22.0 Å². The van der Waals surface area contributed by atoms with Gasteiger partial charge in [0.15, 0.2) is 0 Å². The molecular weight excluding hydrogens is 340 g/mol. The minimum Gasteiger partial charge on any atom is -0.465 e. The van der Waals surface area contributed by atoms with Crippen molar-refractivity contribution in [3.8, 4) is 0 Å². The van der Waals surface area contributed by atoms with Gasteiger partial charge in [0.25, 0.3) is 0 Å². The first-order valence-electron chi connectivity index (χ1n) is 6.80. The minimum absolute atomic E-state index is 0.0883. The third-order valence-corrected chi connectivity index (χ3v) is 3.07. The van der Waals surface area contributed by atoms with Crippen molar-refractivity contribution in [2.45, 2.75) is 37.9 Å². The van der Waals surface area contributed by atoms with E-state index in [2.05, 4.69) is 22.5 Å². The molecular formula is C15H25BrO5. The second-order valence-corrected chi connectivity index (χ2v) is 7.59. The van der Waals surface area contributed by atoms with Crippen molar-refractivity contribution in [2.24, 2.45) is 5.41 Å². The van der Waals surface area contributed by atoms with Crippen LogP contribution in [0.4, 0.5) is 0 Å². The van der Waals surface area contributed by atoms with Crippen LogP contribution in [-0.4, -0.2) is 43.2 Å². The maximum absolute atomic E-state index is 12.1. The summed E-state index contributed by atoms with van der Waals surface area (Å²) >= 11 is 3.22. The van der Waals surface area contributed by atoms with Gasteiger partial charge in [0.05, 0.1) is 13.2 Å². The number of hydrogen-bond donors (Lipinski definition) is 0. The fraction of sp³-hybridized carbons (Fsp3) is 0.733. The van der Waals surface area contributed by atoms with E-state index in [1.807, 2.05) is 0 Å². The van der Waals surface area contributed by atoms with Crippen molar-refractivity contribution in [1.82, 2.24) is 0 Å². The van der Waals surface area contributed by atoms with E-state index < -0.39 is 21.7 Å². The van der Waals surface area contributed by atoms with Crippen molar-refractivity contribution in [2.75, 3.05) is 26.9 Å². The van der Waals surface area contributed by atoms with Crippen molar-refractivity contribution in [1.29, 1.82) is 0 Å². The number of halogens is 1. The second-order valence-electron chi connectivity index (χ2n) is 5.61. The Morgan fingerprint density at radius 1 is 1.14 bits per heavy atom. The molecule has 0 N–H and O–H groups in total. The molecule has 0 aliphatic rings. The fourth-order valence-corrected chi connectivity index (χ4v) is 1.56. The van der Waals surface area contributed by atoms with E-state index >= 15 is 0 Å². The molecule has 0 saturated heterocycles. The smallest absolute Gasteiger partial charge is 0.322 e. The first-order chi connectivity index (χ1) is 9.67. The zero-order valence-electron chi connectivity index (χ0n) is 13.2. The van der Waals surface area contributed by atoms with E-state index in [0.29, 0.717) is 13.0 Å². The highest BCUT2D eigenvalue weighted by atomic mass is 79.9. The highest BCUT2D eigenvalue weighted by molar-refractivity contribution is 9.10. The Morgan fingerprint density at radius 3 is 2.24 bits per heavy atom. The molecule has 0 aromatic heterocycles. The van der Waals surface area contributed by atoms with Gasteiger partial charge in [-0.2, -0.15) is 0 Å². The largest absolute Gasteiger partial charge is 0.465 e. The highest BCUT2D eigenvalue weighted by Crippen LogP contribution is 2.23.